The second kappa shape index (κ2) is 10.7. The minimum Gasteiger partial charge on any atom is -0.493 e. The Kier molecular flexibility index (Phi) is 8.01. The smallest absolute Gasteiger partial charge is 0.338 e. The van der Waals surface area contributed by atoms with Gasteiger partial charge in [0.1, 0.15) is 0 Å². The number of esters is 1. The number of ether oxygens (including phenoxy) is 3. The fourth-order valence-electron chi connectivity index (χ4n) is 3.69. The van der Waals surface area contributed by atoms with E-state index in [0.29, 0.717) is 46.7 Å². The molecule has 0 radical (unpaired) electrons. The van der Waals surface area contributed by atoms with Crippen LogP contribution in [0.2, 0.25) is 0 Å². The third-order valence-electron chi connectivity index (χ3n) is 5.21. The first-order chi connectivity index (χ1) is 15.0. The number of amides is 1. The standard InChI is InChI=1S/C23H30N2O5S/c1-5-7-8-12-30-17-10-9-16(14-18(17)28-4)21-20(22(27)29-6-2)15(3)24-23-25(21)19(26)11-13-31-23/h9-10,14,21H,5-8,11-13H2,1-4H3/t21-/m0/s1. The SMILES string of the molecule is CCCCCOc1ccc([C@H]2C(C(=O)OCC)=C(C)N=C3SCCC(=O)N32)cc1OC. The highest BCUT2D eigenvalue weighted by molar-refractivity contribution is 8.14. The highest BCUT2D eigenvalue weighted by Crippen LogP contribution is 2.42. The molecular weight excluding hydrogens is 416 g/mol. The number of fused-ring (bicyclic) bond motifs is 1. The lowest BCUT2D eigenvalue weighted by atomic mass is 9.94. The molecule has 8 heteroatoms. The van der Waals surface area contributed by atoms with Gasteiger partial charge in [0.15, 0.2) is 16.7 Å². The minimum atomic E-state index is -0.616. The van der Waals surface area contributed by atoms with E-state index in [4.69, 9.17) is 14.2 Å². The fourth-order valence-corrected chi connectivity index (χ4v) is 4.70. The second-order valence-corrected chi connectivity index (χ2v) is 8.41. The summed E-state index contributed by atoms with van der Waals surface area (Å²) < 4.78 is 16.8. The molecule has 1 atom stereocenters. The predicted molar refractivity (Wildman–Crippen MR) is 121 cm³/mol. The Labute approximate surface area is 187 Å². The maximum absolute atomic E-state index is 12.9. The summed E-state index contributed by atoms with van der Waals surface area (Å²) >= 11 is 1.52. The molecule has 2 aliphatic heterocycles. The van der Waals surface area contributed by atoms with Gasteiger partial charge >= 0.3 is 5.97 Å². The molecule has 2 heterocycles. The van der Waals surface area contributed by atoms with Gasteiger partial charge in [-0.2, -0.15) is 0 Å². The van der Waals surface area contributed by atoms with Crippen LogP contribution in [0, 0.1) is 0 Å². The summed E-state index contributed by atoms with van der Waals surface area (Å²) in [5, 5.41) is 0.616. The Morgan fingerprint density at radius 3 is 2.77 bits per heavy atom. The van der Waals surface area contributed by atoms with E-state index in [9.17, 15) is 9.59 Å². The number of rotatable bonds is 9. The van der Waals surface area contributed by atoms with Gasteiger partial charge in [-0.15, -0.1) is 0 Å². The van der Waals surface area contributed by atoms with Gasteiger partial charge < -0.3 is 14.2 Å². The van der Waals surface area contributed by atoms with Crippen molar-refractivity contribution < 1.29 is 23.8 Å². The highest BCUT2D eigenvalue weighted by atomic mass is 32.2. The predicted octanol–water partition coefficient (Wildman–Crippen LogP) is 4.48. The van der Waals surface area contributed by atoms with E-state index in [1.54, 1.807) is 25.9 Å². The average molecular weight is 447 g/mol. The number of carbonyl (C=O) groups excluding carboxylic acids is 2. The van der Waals surface area contributed by atoms with E-state index < -0.39 is 12.0 Å². The van der Waals surface area contributed by atoms with Crippen LogP contribution in [0.25, 0.3) is 0 Å². The summed E-state index contributed by atoms with van der Waals surface area (Å²) in [4.78, 5) is 31.9. The minimum absolute atomic E-state index is 0.0596. The maximum Gasteiger partial charge on any atom is 0.338 e. The highest BCUT2D eigenvalue weighted by Gasteiger charge is 2.41. The first-order valence-corrected chi connectivity index (χ1v) is 11.7. The van der Waals surface area contributed by atoms with E-state index in [0.717, 1.165) is 24.8 Å². The molecule has 1 aromatic rings. The number of nitrogens with zero attached hydrogens (tertiary/aromatic N) is 2. The Bertz CT molecular complexity index is 896. The van der Waals surface area contributed by atoms with Crippen molar-refractivity contribution >= 4 is 28.8 Å². The average Bonchev–Trinajstić information content (AvgIpc) is 2.76. The van der Waals surface area contributed by atoms with E-state index >= 15 is 0 Å². The van der Waals surface area contributed by atoms with Gasteiger partial charge in [0.25, 0.3) is 0 Å². The van der Waals surface area contributed by atoms with Crippen LogP contribution >= 0.6 is 11.8 Å². The van der Waals surface area contributed by atoms with Crippen molar-refractivity contribution in [2.24, 2.45) is 4.99 Å². The lowest BCUT2D eigenvalue weighted by Gasteiger charge is -2.39. The van der Waals surface area contributed by atoms with Crippen LogP contribution in [0.5, 0.6) is 11.5 Å². The number of amidine groups is 1. The van der Waals surface area contributed by atoms with E-state index in [2.05, 4.69) is 11.9 Å². The zero-order valence-electron chi connectivity index (χ0n) is 18.6. The van der Waals surface area contributed by atoms with Gasteiger partial charge in [0, 0.05) is 12.2 Å². The molecule has 168 valence electrons. The summed E-state index contributed by atoms with van der Waals surface area (Å²) in [5.74, 6) is 1.36. The number of hydrogen-bond acceptors (Lipinski definition) is 7. The molecule has 0 aromatic heterocycles. The maximum atomic E-state index is 12.9. The van der Waals surface area contributed by atoms with Crippen LogP contribution in [0.1, 0.15) is 58.1 Å². The lowest BCUT2D eigenvalue weighted by molar-refractivity contribution is -0.139. The molecule has 3 rings (SSSR count). The number of aliphatic imine (C=N–C) groups is 1. The number of thioether (sulfide) groups is 1. The Balaban J connectivity index is 2.01. The molecule has 1 amide bonds. The van der Waals surface area contributed by atoms with Crippen LogP contribution in [0.4, 0.5) is 0 Å². The number of benzene rings is 1. The van der Waals surface area contributed by atoms with E-state index in [1.165, 1.54) is 11.8 Å². The molecule has 31 heavy (non-hydrogen) atoms. The normalized spacial score (nSPS) is 18.5. The molecule has 7 nitrogen and oxygen atoms in total. The van der Waals surface area contributed by atoms with Gasteiger partial charge in [-0.1, -0.05) is 37.6 Å². The monoisotopic (exact) mass is 446 g/mol. The largest absolute Gasteiger partial charge is 0.493 e. The third kappa shape index (κ3) is 5.06. The number of carbonyl (C=O) groups is 2. The van der Waals surface area contributed by atoms with Crippen molar-refractivity contribution in [3.8, 4) is 11.5 Å². The zero-order chi connectivity index (χ0) is 22.4. The first kappa shape index (κ1) is 23.2. The summed E-state index contributed by atoms with van der Waals surface area (Å²) in [6.07, 6.45) is 3.59. The van der Waals surface area contributed by atoms with E-state index in [-0.39, 0.29) is 12.5 Å². The second-order valence-electron chi connectivity index (χ2n) is 7.34. The van der Waals surface area contributed by atoms with Crippen LogP contribution in [0.15, 0.2) is 34.5 Å². The van der Waals surface area contributed by atoms with Gasteiger partial charge in [-0.25, -0.2) is 9.79 Å². The molecule has 2 aliphatic rings. The van der Waals surface area contributed by atoms with Gasteiger partial charge in [-0.3, -0.25) is 9.69 Å². The summed E-state index contributed by atoms with van der Waals surface area (Å²) in [5.41, 5.74) is 1.69. The third-order valence-corrected chi connectivity index (χ3v) is 6.17. The fraction of sp³-hybridized carbons (Fsp3) is 0.522. The van der Waals surface area contributed by atoms with Crippen LogP contribution in [0.3, 0.4) is 0 Å². The van der Waals surface area contributed by atoms with Crippen molar-refractivity contribution in [3.63, 3.8) is 0 Å². The topological polar surface area (TPSA) is 77.4 Å². The quantitative estimate of drug-likeness (QED) is 0.411. The molecule has 0 saturated carbocycles. The summed E-state index contributed by atoms with van der Waals surface area (Å²) in [6, 6.07) is 4.94. The van der Waals surface area contributed by atoms with Crippen molar-refractivity contribution in [2.45, 2.75) is 52.5 Å². The summed E-state index contributed by atoms with van der Waals surface area (Å²) in [7, 11) is 1.58. The zero-order valence-corrected chi connectivity index (χ0v) is 19.4. The molecule has 1 aromatic carbocycles. The van der Waals surface area contributed by atoms with Crippen LogP contribution < -0.4 is 9.47 Å². The number of allylic oxidation sites excluding steroid dienone is 1. The van der Waals surface area contributed by atoms with Gasteiger partial charge in [0.2, 0.25) is 5.91 Å². The summed E-state index contributed by atoms with van der Waals surface area (Å²) in [6.45, 7) is 6.54. The van der Waals surface area contributed by atoms with Crippen molar-refractivity contribution in [1.29, 1.82) is 0 Å². The molecule has 0 bridgehead atoms. The first-order valence-electron chi connectivity index (χ1n) is 10.7. The molecule has 1 fully saturated rings. The number of unbranched alkanes of at least 4 members (excludes halogenated alkanes) is 2. The number of methoxy groups -OCH3 is 1. The van der Waals surface area contributed by atoms with Crippen molar-refractivity contribution in [3.05, 3.63) is 35.0 Å². The molecule has 0 unspecified atom stereocenters. The van der Waals surface area contributed by atoms with Crippen molar-refractivity contribution in [2.75, 3.05) is 26.1 Å². The lowest BCUT2D eigenvalue weighted by Crippen LogP contribution is -2.45. The Hall–Kier alpha value is -2.48. The van der Waals surface area contributed by atoms with Crippen LogP contribution in [-0.2, 0) is 14.3 Å². The molecular formula is C23H30N2O5S. The number of hydrogen-bond donors (Lipinski definition) is 0. The van der Waals surface area contributed by atoms with Gasteiger partial charge in [0.05, 0.1) is 37.6 Å². The van der Waals surface area contributed by atoms with Crippen LogP contribution in [-0.4, -0.2) is 48.0 Å². The Morgan fingerprint density at radius 1 is 1.26 bits per heavy atom. The molecule has 1 saturated heterocycles. The van der Waals surface area contributed by atoms with E-state index in [1.807, 2.05) is 18.2 Å². The molecule has 0 aliphatic carbocycles. The molecule has 0 N–H and O–H groups in total. The van der Waals surface area contributed by atoms with Gasteiger partial charge in [-0.05, 0) is 38.0 Å². The van der Waals surface area contributed by atoms with Crippen molar-refractivity contribution in [1.82, 2.24) is 4.90 Å². The Morgan fingerprint density at radius 2 is 2.06 bits per heavy atom. The molecule has 0 spiro atoms.